The molecule has 2 aromatic rings. The maximum Gasteiger partial charge on any atom is 0.269 e. The lowest BCUT2D eigenvalue weighted by molar-refractivity contribution is 0.0782. The van der Waals surface area contributed by atoms with Gasteiger partial charge in [-0.2, -0.15) is 0 Å². The molecule has 2 amide bonds. The van der Waals surface area contributed by atoms with Crippen molar-refractivity contribution in [1.29, 1.82) is 0 Å². The fourth-order valence-electron chi connectivity index (χ4n) is 3.25. The van der Waals surface area contributed by atoms with Crippen LogP contribution in [0.5, 0.6) is 0 Å². The van der Waals surface area contributed by atoms with Crippen LogP contribution in [-0.4, -0.2) is 42.5 Å². The van der Waals surface area contributed by atoms with E-state index in [4.69, 9.17) is 0 Å². The Labute approximate surface area is 160 Å². The van der Waals surface area contributed by atoms with E-state index in [2.05, 4.69) is 0 Å². The van der Waals surface area contributed by atoms with E-state index in [0.717, 1.165) is 16.4 Å². The maximum atomic E-state index is 13.8. The van der Waals surface area contributed by atoms with Crippen molar-refractivity contribution in [1.82, 2.24) is 9.21 Å². The van der Waals surface area contributed by atoms with Gasteiger partial charge in [0.25, 0.3) is 21.8 Å². The molecule has 0 unspecified atom stereocenters. The van der Waals surface area contributed by atoms with Crippen molar-refractivity contribution in [3.05, 3.63) is 64.7 Å². The average Bonchev–Trinajstić information content (AvgIpc) is 3.44. The molecule has 0 aromatic heterocycles. The number of fused-ring (bicyclic) bond motifs is 1. The molecule has 0 saturated heterocycles. The largest absolute Gasteiger partial charge is 0.337 e. The SMILES string of the molecule is CN(Cc1ccc(F)cc1F)C(=O)c1ccc2c(c1)S(=O)(=O)N(C1CC1)C2=O. The van der Waals surface area contributed by atoms with Gasteiger partial charge in [-0.1, -0.05) is 6.07 Å². The highest BCUT2D eigenvalue weighted by Gasteiger charge is 2.48. The second kappa shape index (κ2) is 6.37. The van der Waals surface area contributed by atoms with Gasteiger partial charge in [-0.3, -0.25) is 9.59 Å². The standard InChI is InChI=1S/C19H16F2N2O4S/c1-22(10-12-2-4-13(20)9-16(12)21)18(24)11-3-7-15-17(8-11)28(26,27)23(19(15)25)14-5-6-14/h2-4,7-9,14H,5-6,10H2,1H3. The monoisotopic (exact) mass is 406 g/mol. The van der Waals surface area contributed by atoms with Crippen molar-refractivity contribution in [3.63, 3.8) is 0 Å². The molecule has 0 atom stereocenters. The number of benzene rings is 2. The highest BCUT2D eigenvalue weighted by Crippen LogP contribution is 2.39. The number of rotatable bonds is 4. The van der Waals surface area contributed by atoms with Gasteiger partial charge in [0.1, 0.15) is 16.5 Å². The van der Waals surface area contributed by atoms with Crippen LogP contribution in [0.4, 0.5) is 8.78 Å². The molecule has 9 heteroatoms. The zero-order valence-electron chi connectivity index (χ0n) is 14.9. The Balaban J connectivity index is 1.61. The van der Waals surface area contributed by atoms with Crippen molar-refractivity contribution >= 4 is 21.8 Å². The van der Waals surface area contributed by atoms with Gasteiger partial charge < -0.3 is 4.90 Å². The molecule has 28 heavy (non-hydrogen) atoms. The Kier molecular flexibility index (Phi) is 4.22. The number of nitrogens with zero attached hydrogens (tertiary/aromatic N) is 2. The molecular weight excluding hydrogens is 390 g/mol. The third-order valence-electron chi connectivity index (χ3n) is 4.84. The first-order valence-electron chi connectivity index (χ1n) is 8.62. The molecule has 1 aliphatic carbocycles. The molecule has 2 aromatic carbocycles. The lowest BCUT2D eigenvalue weighted by atomic mass is 10.1. The first kappa shape index (κ1) is 18.5. The van der Waals surface area contributed by atoms with Gasteiger partial charge in [-0.25, -0.2) is 21.5 Å². The van der Waals surface area contributed by atoms with Gasteiger partial charge in [0.15, 0.2) is 0 Å². The molecule has 1 heterocycles. The van der Waals surface area contributed by atoms with Gasteiger partial charge in [-0.15, -0.1) is 0 Å². The summed E-state index contributed by atoms with van der Waals surface area (Å²) in [6.07, 6.45) is 1.27. The summed E-state index contributed by atoms with van der Waals surface area (Å²) < 4.78 is 53.1. The minimum atomic E-state index is -3.97. The van der Waals surface area contributed by atoms with E-state index in [1.807, 2.05) is 0 Å². The Hall–Kier alpha value is -2.81. The predicted octanol–water partition coefficient (Wildman–Crippen LogP) is 2.54. The average molecular weight is 406 g/mol. The van der Waals surface area contributed by atoms with Gasteiger partial charge in [-0.05, 0) is 37.1 Å². The zero-order chi connectivity index (χ0) is 20.2. The first-order chi connectivity index (χ1) is 13.2. The van der Waals surface area contributed by atoms with Crippen LogP contribution < -0.4 is 0 Å². The third-order valence-corrected chi connectivity index (χ3v) is 6.72. The van der Waals surface area contributed by atoms with Crippen molar-refractivity contribution in [3.8, 4) is 0 Å². The normalized spacial score (nSPS) is 17.5. The van der Waals surface area contributed by atoms with Crippen LogP contribution in [-0.2, 0) is 16.6 Å². The summed E-state index contributed by atoms with van der Waals surface area (Å²) in [5.74, 6) is -2.61. The Morgan fingerprint density at radius 3 is 2.54 bits per heavy atom. The maximum absolute atomic E-state index is 13.8. The smallest absolute Gasteiger partial charge is 0.269 e. The van der Waals surface area contributed by atoms with Gasteiger partial charge in [0.05, 0.1) is 5.56 Å². The molecule has 1 saturated carbocycles. The fourth-order valence-corrected chi connectivity index (χ4v) is 5.09. The first-order valence-corrected chi connectivity index (χ1v) is 10.1. The molecular formula is C19H16F2N2O4S. The number of hydrogen-bond donors (Lipinski definition) is 0. The minimum Gasteiger partial charge on any atom is -0.337 e. The number of amides is 2. The van der Waals surface area contributed by atoms with Crippen LogP contribution in [0, 0.1) is 11.6 Å². The van der Waals surface area contributed by atoms with E-state index in [9.17, 15) is 26.8 Å². The Bertz CT molecular complexity index is 1110. The van der Waals surface area contributed by atoms with E-state index in [0.29, 0.717) is 12.8 Å². The number of sulfonamides is 1. The molecule has 0 spiro atoms. The topological polar surface area (TPSA) is 74.8 Å². The van der Waals surface area contributed by atoms with Crippen molar-refractivity contribution < 1.29 is 26.8 Å². The lowest BCUT2D eigenvalue weighted by Gasteiger charge is -2.18. The summed E-state index contributed by atoms with van der Waals surface area (Å²) in [5, 5.41) is 0. The summed E-state index contributed by atoms with van der Waals surface area (Å²) in [6, 6.07) is 6.65. The van der Waals surface area contributed by atoms with Crippen molar-refractivity contribution in [2.45, 2.75) is 30.3 Å². The Morgan fingerprint density at radius 2 is 1.89 bits per heavy atom. The van der Waals surface area contributed by atoms with E-state index < -0.39 is 33.5 Å². The molecule has 2 aliphatic rings. The summed E-state index contributed by atoms with van der Waals surface area (Å²) in [6.45, 7) is -0.123. The highest BCUT2D eigenvalue weighted by molar-refractivity contribution is 7.90. The fraction of sp³-hybridized carbons (Fsp3) is 0.263. The summed E-state index contributed by atoms with van der Waals surface area (Å²) in [5.41, 5.74) is 0.245. The number of carbonyl (C=O) groups excluding carboxylic acids is 2. The molecule has 0 bridgehead atoms. The van der Waals surface area contributed by atoms with Gasteiger partial charge in [0.2, 0.25) is 0 Å². The van der Waals surface area contributed by atoms with Crippen LogP contribution in [0.2, 0.25) is 0 Å². The quantitative estimate of drug-likeness (QED) is 0.782. The van der Waals surface area contributed by atoms with Crippen LogP contribution >= 0.6 is 0 Å². The molecule has 146 valence electrons. The van der Waals surface area contributed by atoms with Crippen LogP contribution in [0.15, 0.2) is 41.3 Å². The van der Waals surface area contributed by atoms with E-state index in [1.54, 1.807) is 0 Å². The number of halogens is 2. The van der Waals surface area contributed by atoms with Crippen LogP contribution in [0.1, 0.15) is 39.1 Å². The predicted molar refractivity (Wildman–Crippen MR) is 95.0 cm³/mol. The van der Waals surface area contributed by atoms with Crippen molar-refractivity contribution in [2.75, 3.05) is 7.05 Å². The lowest BCUT2D eigenvalue weighted by Crippen LogP contribution is -2.32. The zero-order valence-corrected chi connectivity index (χ0v) is 15.7. The van der Waals surface area contributed by atoms with Crippen LogP contribution in [0.3, 0.4) is 0 Å². The summed E-state index contributed by atoms with van der Waals surface area (Å²) >= 11 is 0. The van der Waals surface area contributed by atoms with E-state index in [-0.39, 0.29) is 34.2 Å². The second-order valence-corrected chi connectivity index (χ2v) is 8.73. The van der Waals surface area contributed by atoms with E-state index in [1.165, 1.54) is 36.2 Å². The summed E-state index contributed by atoms with van der Waals surface area (Å²) in [4.78, 5) is 26.1. The summed E-state index contributed by atoms with van der Waals surface area (Å²) in [7, 11) is -2.55. The number of carbonyl (C=O) groups is 2. The van der Waals surface area contributed by atoms with Crippen LogP contribution in [0.25, 0.3) is 0 Å². The molecule has 0 N–H and O–H groups in total. The van der Waals surface area contributed by atoms with E-state index >= 15 is 0 Å². The molecule has 4 rings (SSSR count). The second-order valence-electron chi connectivity index (χ2n) is 6.95. The van der Waals surface area contributed by atoms with Crippen molar-refractivity contribution in [2.24, 2.45) is 0 Å². The molecule has 1 fully saturated rings. The third kappa shape index (κ3) is 2.95. The Morgan fingerprint density at radius 1 is 1.18 bits per heavy atom. The van der Waals surface area contributed by atoms with Gasteiger partial charge in [0, 0.05) is 36.8 Å². The highest BCUT2D eigenvalue weighted by atomic mass is 32.2. The number of hydrogen-bond acceptors (Lipinski definition) is 4. The minimum absolute atomic E-state index is 0.0516. The molecule has 6 nitrogen and oxygen atoms in total. The molecule has 1 aliphatic heterocycles. The molecule has 0 radical (unpaired) electrons. The van der Waals surface area contributed by atoms with Gasteiger partial charge >= 0.3 is 0 Å².